The van der Waals surface area contributed by atoms with Crippen molar-refractivity contribution in [2.45, 2.75) is 0 Å². The van der Waals surface area contributed by atoms with Gasteiger partial charge >= 0.3 is 0 Å². The second-order valence-corrected chi connectivity index (χ2v) is 15.3. The Morgan fingerprint density at radius 2 is 0.767 bits per heavy atom. The van der Waals surface area contributed by atoms with Crippen LogP contribution in [0.5, 0.6) is 0 Å². The molecule has 0 spiro atoms. The number of hydrogen-bond acceptors (Lipinski definition) is 1. The number of benzene rings is 10. The lowest BCUT2D eigenvalue weighted by molar-refractivity contribution is 1.19. The van der Waals surface area contributed by atoms with Gasteiger partial charge in [0.2, 0.25) is 0 Å². The maximum absolute atomic E-state index is 2.51. The lowest BCUT2D eigenvalue weighted by Crippen LogP contribution is -2.13. The van der Waals surface area contributed by atoms with Crippen molar-refractivity contribution in [3.8, 4) is 50.2 Å². The highest BCUT2D eigenvalue weighted by Gasteiger charge is 2.24. The summed E-state index contributed by atoms with van der Waals surface area (Å²) in [4.78, 5) is 2.47. The van der Waals surface area contributed by atoms with Gasteiger partial charge in [0, 0.05) is 44.2 Å². The molecular formula is C58H40N2. The molecule has 1 aromatic heterocycles. The summed E-state index contributed by atoms with van der Waals surface area (Å²) in [5, 5.41) is 4.85. The maximum Gasteiger partial charge on any atom is 0.0618 e. The molecule has 11 aromatic rings. The Kier molecular flexibility index (Phi) is 8.87. The van der Waals surface area contributed by atoms with Gasteiger partial charge in [-0.1, -0.05) is 212 Å². The van der Waals surface area contributed by atoms with E-state index in [1.54, 1.807) is 0 Å². The molecule has 0 radical (unpaired) electrons. The van der Waals surface area contributed by atoms with Crippen molar-refractivity contribution >= 4 is 49.6 Å². The molecule has 0 unspecified atom stereocenters. The lowest BCUT2D eigenvalue weighted by atomic mass is 9.94. The molecule has 60 heavy (non-hydrogen) atoms. The molecule has 2 heteroatoms. The zero-order valence-corrected chi connectivity index (χ0v) is 33.0. The molecule has 2 nitrogen and oxygen atoms in total. The van der Waals surface area contributed by atoms with Crippen LogP contribution >= 0.6 is 0 Å². The third-order valence-corrected chi connectivity index (χ3v) is 11.8. The number of para-hydroxylation sites is 2. The number of anilines is 3. The standard InChI is InChI=1S/C58H40N2/c1-5-18-41(19-6-1)42-32-35-47(36-33-42)59(57-50(43-20-7-2-8-21-43)29-17-30-51(57)44-22-9-3-10-23-44)48-37-39-54-53-28-15-16-31-55(53)60(56(54)40-48)58-49-27-14-13-26-46(49)34-38-52(58)45-24-11-4-12-25-45/h1-40H. The van der Waals surface area contributed by atoms with Crippen LogP contribution in [0.25, 0.3) is 82.8 Å². The fraction of sp³-hybridized carbons (Fsp3) is 0. The molecule has 11 rings (SSSR count). The van der Waals surface area contributed by atoms with Gasteiger partial charge in [0.25, 0.3) is 0 Å². The van der Waals surface area contributed by atoms with Crippen molar-refractivity contribution < 1.29 is 0 Å². The minimum absolute atomic E-state index is 1.07. The van der Waals surface area contributed by atoms with E-state index in [2.05, 4.69) is 252 Å². The SMILES string of the molecule is c1ccc(-c2ccc(N(c3ccc4c5ccccc5n(-c5c(-c6ccccc6)ccc6ccccc56)c4c3)c3c(-c4ccccc4)cccc3-c3ccccc3)cc2)cc1. The molecule has 1 heterocycles. The van der Waals surface area contributed by atoms with Crippen molar-refractivity contribution in [1.29, 1.82) is 0 Å². The van der Waals surface area contributed by atoms with Crippen LogP contribution in [0, 0.1) is 0 Å². The van der Waals surface area contributed by atoms with Gasteiger partial charge in [-0.15, -0.1) is 0 Å². The first-order valence-electron chi connectivity index (χ1n) is 20.6. The Morgan fingerprint density at radius 1 is 0.283 bits per heavy atom. The summed E-state index contributed by atoms with van der Waals surface area (Å²) in [5.41, 5.74) is 16.2. The predicted molar refractivity (Wildman–Crippen MR) is 255 cm³/mol. The van der Waals surface area contributed by atoms with Crippen molar-refractivity contribution in [2.75, 3.05) is 4.90 Å². The number of nitrogens with zero attached hydrogens (tertiary/aromatic N) is 2. The minimum Gasteiger partial charge on any atom is -0.309 e. The lowest BCUT2D eigenvalue weighted by Gasteiger charge is -2.31. The molecule has 0 saturated heterocycles. The average molecular weight is 765 g/mol. The molecule has 0 fully saturated rings. The Hall–Kier alpha value is -7.94. The van der Waals surface area contributed by atoms with Gasteiger partial charge in [-0.3, -0.25) is 0 Å². The number of rotatable bonds is 8. The summed E-state index contributed by atoms with van der Waals surface area (Å²) < 4.78 is 2.51. The third kappa shape index (κ3) is 6.14. The molecule has 0 aliphatic heterocycles. The third-order valence-electron chi connectivity index (χ3n) is 11.8. The van der Waals surface area contributed by atoms with Crippen LogP contribution in [-0.2, 0) is 0 Å². The van der Waals surface area contributed by atoms with E-state index in [1.807, 2.05) is 0 Å². The van der Waals surface area contributed by atoms with Gasteiger partial charge in [0.05, 0.1) is 22.4 Å². The normalized spacial score (nSPS) is 11.3. The van der Waals surface area contributed by atoms with Crippen LogP contribution in [0.3, 0.4) is 0 Å². The first-order chi connectivity index (χ1) is 29.8. The summed E-state index contributed by atoms with van der Waals surface area (Å²) in [6, 6.07) is 88.0. The monoisotopic (exact) mass is 764 g/mol. The molecule has 0 amide bonds. The summed E-state index contributed by atoms with van der Waals surface area (Å²) >= 11 is 0. The molecule has 0 saturated carbocycles. The Balaban J connectivity index is 1.23. The molecule has 282 valence electrons. The number of fused-ring (bicyclic) bond motifs is 4. The summed E-state index contributed by atoms with van der Waals surface area (Å²) in [7, 11) is 0. The highest BCUT2D eigenvalue weighted by Crippen LogP contribution is 2.48. The Bertz CT molecular complexity index is 3220. The van der Waals surface area contributed by atoms with Crippen LogP contribution in [0.15, 0.2) is 243 Å². The summed E-state index contributed by atoms with van der Waals surface area (Å²) in [5.74, 6) is 0. The topological polar surface area (TPSA) is 8.17 Å². The zero-order chi connectivity index (χ0) is 39.8. The van der Waals surface area contributed by atoms with E-state index in [0.29, 0.717) is 0 Å². The van der Waals surface area contributed by atoms with Gasteiger partial charge in [0.15, 0.2) is 0 Å². The van der Waals surface area contributed by atoms with E-state index < -0.39 is 0 Å². The molecule has 0 aliphatic rings. The maximum atomic E-state index is 2.51. The molecule has 10 aromatic carbocycles. The smallest absolute Gasteiger partial charge is 0.0618 e. The second-order valence-electron chi connectivity index (χ2n) is 15.3. The van der Waals surface area contributed by atoms with Gasteiger partial charge in [-0.2, -0.15) is 0 Å². The first kappa shape index (κ1) is 35.2. The Morgan fingerprint density at radius 3 is 1.40 bits per heavy atom. The molecular weight excluding hydrogens is 725 g/mol. The van der Waals surface area contributed by atoms with Crippen LogP contribution < -0.4 is 4.90 Å². The Labute approximate surface area is 350 Å². The van der Waals surface area contributed by atoms with Gasteiger partial charge in [-0.05, 0) is 63.5 Å². The zero-order valence-electron chi connectivity index (χ0n) is 33.0. The van der Waals surface area contributed by atoms with Crippen molar-refractivity contribution in [3.05, 3.63) is 243 Å². The van der Waals surface area contributed by atoms with Gasteiger partial charge < -0.3 is 9.47 Å². The van der Waals surface area contributed by atoms with Crippen molar-refractivity contribution in [3.63, 3.8) is 0 Å². The van der Waals surface area contributed by atoms with E-state index in [9.17, 15) is 0 Å². The van der Waals surface area contributed by atoms with E-state index in [4.69, 9.17) is 0 Å². The fourth-order valence-corrected chi connectivity index (χ4v) is 9.01. The van der Waals surface area contributed by atoms with Gasteiger partial charge in [0.1, 0.15) is 0 Å². The van der Waals surface area contributed by atoms with Crippen molar-refractivity contribution in [1.82, 2.24) is 4.57 Å². The number of hydrogen-bond donors (Lipinski definition) is 0. The minimum atomic E-state index is 1.07. The van der Waals surface area contributed by atoms with E-state index >= 15 is 0 Å². The predicted octanol–water partition coefficient (Wildman–Crippen LogP) is 16.1. The summed E-state index contributed by atoms with van der Waals surface area (Å²) in [6.45, 7) is 0. The number of aromatic nitrogens is 1. The summed E-state index contributed by atoms with van der Waals surface area (Å²) in [6.07, 6.45) is 0. The van der Waals surface area contributed by atoms with Gasteiger partial charge in [-0.25, -0.2) is 0 Å². The van der Waals surface area contributed by atoms with Crippen molar-refractivity contribution in [2.24, 2.45) is 0 Å². The van der Waals surface area contributed by atoms with E-state index in [0.717, 1.165) is 44.8 Å². The molecule has 0 aliphatic carbocycles. The van der Waals surface area contributed by atoms with Crippen LogP contribution in [0.2, 0.25) is 0 Å². The molecule has 0 atom stereocenters. The fourth-order valence-electron chi connectivity index (χ4n) is 9.01. The van der Waals surface area contributed by atoms with E-state index in [1.165, 1.54) is 55.0 Å². The quantitative estimate of drug-likeness (QED) is 0.150. The highest BCUT2D eigenvalue weighted by molar-refractivity contribution is 6.13. The van der Waals surface area contributed by atoms with Crippen LogP contribution in [0.1, 0.15) is 0 Å². The average Bonchev–Trinajstić information content (AvgIpc) is 3.66. The second kappa shape index (κ2) is 15.1. The molecule has 0 bridgehead atoms. The highest BCUT2D eigenvalue weighted by atomic mass is 15.1. The van der Waals surface area contributed by atoms with Crippen LogP contribution in [-0.4, -0.2) is 4.57 Å². The van der Waals surface area contributed by atoms with Crippen LogP contribution in [0.4, 0.5) is 17.1 Å². The molecule has 0 N–H and O–H groups in total. The van der Waals surface area contributed by atoms with E-state index in [-0.39, 0.29) is 0 Å². The largest absolute Gasteiger partial charge is 0.309 e. The first-order valence-corrected chi connectivity index (χ1v) is 20.6.